The average molecular weight is 572 g/mol. The van der Waals surface area contributed by atoms with Gasteiger partial charge in [-0.2, -0.15) is 0 Å². The number of pyridine rings is 3. The smallest absolute Gasteiger partial charge is 0.257 e. The first-order valence-electron chi connectivity index (χ1n) is 13.1. The molecule has 0 aliphatic rings. The summed E-state index contributed by atoms with van der Waals surface area (Å²) in [5.41, 5.74) is 3.25. The van der Waals surface area contributed by atoms with Crippen LogP contribution in [0.3, 0.4) is 0 Å². The van der Waals surface area contributed by atoms with Gasteiger partial charge in [0, 0.05) is 36.5 Å². The van der Waals surface area contributed by atoms with Gasteiger partial charge in [-0.25, -0.2) is 13.8 Å². The zero-order valence-corrected chi connectivity index (χ0v) is 23.4. The number of hydrogen-bond acceptors (Lipinski definition) is 8. The molecule has 0 atom stereocenters. The van der Waals surface area contributed by atoms with E-state index in [1.54, 1.807) is 50.4 Å². The molecule has 0 amide bonds. The summed E-state index contributed by atoms with van der Waals surface area (Å²) in [7, 11) is 2.95. The summed E-state index contributed by atoms with van der Waals surface area (Å²) in [5.74, 6) is -0.141. The molecule has 5 aromatic rings. The van der Waals surface area contributed by atoms with Gasteiger partial charge < -0.3 is 18.9 Å². The van der Waals surface area contributed by atoms with Crippen molar-refractivity contribution in [3.05, 3.63) is 95.4 Å². The number of hydrogen-bond donors (Lipinski definition) is 0. The van der Waals surface area contributed by atoms with Crippen LogP contribution >= 0.6 is 0 Å². The Morgan fingerprint density at radius 2 is 1.69 bits per heavy atom. The SMILES string of the molecule is CCOc1c(-c2ccc(F)cc2)cnc(C)c1C(=O)Cc1ccc(Oc2ccnc3cc(OC)c(OC)nc23)c(F)c1. The fraction of sp³-hybridized carbons (Fsp3) is 0.188. The molecule has 5 rings (SSSR count). The minimum atomic E-state index is -0.661. The standard InChI is InChI=1S/C32H27F2N3O5/c1-5-41-31-22(20-7-9-21(33)10-8-20)17-36-18(2)29(31)25(38)15-19-6-11-26(23(34)14-19)42-27-12-13-35-24-16-28(39-3)32(40-4)37-30(24)27/h6-14,16-17H,5,15H2,1-4H3. The summed E-state index contributed by atoms with van der Waals surface area (Å²) in [6.07, 6.45) is 3.01. The van der Waals surface area contributed by atoms with Crippen LogP contribution in [0.1, 0.15) is 28.5 Å². The zero-order valence-electron chi connectivity index (χ0n) is 23.4. The van der Waals surface area contributed by atoms with Crippen LogP contribution in [0.25, 0.3) is 22.2 Å². The highest BCUT2D eigenvalue weighted by Gasteiger charge is 2.22. The molecule has 0 N–H and O–H groups in total. The van der Waals surface area contributed by atoms with E-state index in [0.29, 0.717) is 51.5 Å². The number of benzene rings is 2. The molecule has 3 heterocycles. The predicted molar refractivity (Wildman–Crippen MR) is 153 cm³/mol. The third-order valence-corrected chi connectivity index (χ3v) is 6.55. The second-order valence-electron chi connectivity index (χ2n) is 9.24. The normalized spacial score (nSPS) is 10.9. The molecule has 0 saturated carbocycles. The van der Waals surface area contributed by atoms with Crippen LogP contribution in [-0.2, 0) is 6.42 Å². The van der Waals surface area contributed by atoms with Gasteiger partial charge in [0.15, 0.2) is 28.8 Å². The number of aryl methyl sites for hydroxylation is 1. The van der Waals surface area contributed by atoms with Gasteiger partial charge >= 0.3 is 0 Å². The van der Waals surface area contributed by atoms with E-state index in [0.717, 1.165) is 0 Å². The maximum absolute atomic E-state index is 15.3. The number of carbonyl (C=O) groups is 1. The summed E-state index contributed by atoms with van der Waals surface area (Å²) in [6.45, 7) is 3.82. The van der Waals surface area contributed by atoms with Crippen LogP contribution in [0.2, 0.25) is 0 Å². The van der Waals surface area contributed by atoms with Crippen LogP contribution in [0.15, 0.2) is 67.0 Å². The molecule has 42 heavy (non-hydrogen) atoms. The van der Waals surface area contributed by atoms with Gasteiger partial charge in [-0.3, -0.25) is 14.8 Å². The van der Waals surface area contributed by atoms with Crippen molar-refractivity contribution >= 4 is 16.8 Å². The topological polar surface area (TPSA) is 92.7 Å². The van der Waals surface area contributed by atoms with E-state index in [4.69, 9.17) is 18.9 Å². The lowest BCUT2D eigenvalue weighted by atomic mass is 9.96. The number of methoxy groups -OCH3 is 2. The lowest BCUT2D eigenvalue weighted by molar-refractivity contribution is 0.0988. The monoisotopic (exact) mass is 571 g/mol. The molecule has 0 aliphatic heterocycles. The van der Waals surface area contributed by atoms with Crippen molar-refractivity contribution in [2.24, 2.45) is 0 Å². The molecular formula is C32H27F2N3O5. The number of Topliss-reactive ketones (excluding diaryl/α,β-unsaturated/α-hetero) is 1. The summed E-state index contributed by atoms with van der Waals surface area (Å²) in [6, 6.07) is 13.4. The van der Waals surface area contributed by atoms with Crippen molar-refractivity contribution < 1.29 is 32.5 Å². The van der Waals surface area contributed by atoms with Crippen LogP contribution in [0, 0.1) is 18.6 Å². The van der Waals surface area contributed by atoms with Crippen molar-refractivity contribution in [2.75, 3.05) is 20.8 Å². The molecule has 0 saturated heterocycles. The highest BCUT2D eigenvalue weighted by atomic mass is 19.1. The number of rotatable bonds is 10. The molecule has 2 aromatic carbocycles. The van der Waals surface area contributed by atoms with E-state index >= 15 is 4.39 Å². The average Bonchev–Trinajstić information content (AvgIpc) is 2.98. The first kappa shape index (κ1) is 28.4. The number of ether oxygens (including phenoxy) is 4. The maximum Gasteiger partial charge on any atom is 0.257 e. The van der Waals surface area contributed by atoms with Gasteiger partial charge in [-0.1, -0.05) is 18.2 Å². The van der Waals surface area contributed by atoms with Gasteiger partial charge in [0.05, 0.1) is 37.6 Å². The van der Waals surface area contributed by atoms with E-state index in [1.807, 2.05) is 0 Å². The molecule has 214 valence electrons. The van der Waals surface area contributed by atoms with Crippen molar-refractivity contribution in [1.29, 1.82) is 0 Å². The van der Waals surface area contributed by atoms with Gasteiger partial charge in [0.1, 0.15) is 17.1 Å². The highest BCUT2D eigenvalue weighted by Crippen LogP contribution is 2.37. The minimum absolute atomic E-state index is 0.0542. The molecule has 0 spiro atoms. The molecule has 0 fully saturated rings. The Morgan fingerprint density at radius 3 is 2.38 bits per heavy atom. The van der Waals surface area contributed by atoms with Crippen molar-refractivity contribution in [1.82, 2.24) is 15.0 Å². The molecule has 0 unspecified atom stereocenters. The van der Waals surface area contributed by atoms with Gasteiger partial charge in [-0.15, -0.1) is 0 Å². The van der Waals surface area contributed by atoms with E-state index in [2.05, 4.69) is 15.0 Å². The predicted octanol–water partition coefficient (Wildman–Crippen LogP) is 6.91. The Morgan fingerprint density at radius 1 is 0.905 bits per heavy atom. The van der Waals surface area contributed by atoms with Crippen LogP contribution < -0.4 is 18.9 Å². The number of halogens is 2. The number of fused-ring (bicyclic) bond motifs is 1. The summed E-state index contributed by atoms with van der Waals surface area (Å²) < 4.78 is 51.1. The van der Waals surface area contributed by atoms with Crippen molar-refractivity contribution in [3.63, 3.8) is 0 Å². The summed E-state index contributed by atoms with van der Waals surface area (Å²) in [4.78, 5) is 26.6. The van der Waals surface area contributed by atoms with E-state index < -0.39 is 5.82 Å². The fourth-order valence-electron chi connectivity index (χ4n) is 4.56. The van der Waals surface area contributed by atoms with Crippen LogP contribution in [0.5, 0.6) is 28.9 Å². The maximum atomic E-state index is 15.3. The Balaban J connectivity index is 1.43. The van der Waals surface area contributed by atoms with Gasteiger partial charge in [0.2, 0.25) is 0 Å². The number of aromatic nitrogens is 3. The zero-order chi connectivity index (χ0) is 29.8. The number of carbonyl (C=O) groups excluding carboxylic acids is 1. The Kier molecular flexibility index (Phi) is 8.24. The molecule has 0 radical (unpaired) electrons. The molecule has 0 aliphatic carbocycles. The number of nitrogens with zero attached hydrogens (tertiary/aromatic N) is 3. The second-order valence-corrected chi connectivity index (χ2v) is 9.24. The van der Waals surface area contributed by atoms with Crippen molar-refractivity contribution in [2.45, 2.75) is 20.3 Å². The summed E-state index contributed by atoms with van der Waals surface area (Å²) in [5, 5.41) is 0. The van der Waals surface area contributed by atoms with E-state index in [1.165, 1.54) is 44.7 Å². The van der Waals surface area contributed by atoms with Gasteiger partial charge in [-0.05, 0) is 49.2 Å². The molecule has 10 heteroatoms. The third kappa shape index (κ3) is 5.69. The van der Waals surface area contributed by atoms with E-state index in [-0.39, 0.29) is 41.0 Å². The van der Waals surface area contributed by atoms with Gasteiger partial charge in [0.25, 0.3) is 5.88 Å². The lowest BCUT2D eigenvalue weighted by Gasteiger charge is -2.16. The first-order valence-corrected chi connectivity index (χ1v) is 13.1. The molecular weight excluding hydrogens is 544 g/mol. The summed E-state index contributed by atoms with van der Waals surface area (Å²) >= 11 is 0. The van der Waals surface area contributed by atoms with Crippen LogP contribution in [-0.4, -0.2) is 41.6 Å². The number of ketones is 1. The quantitative estimate of drug-likeness (QED) is 0.167. The Labute approximate surface area is 240 Å². The largest absolute Gasteiger partial charge is 0.492 e. The van der Waals surface area contributed by atoms with Crippen LogP contribution in [0.4, 0.5) is 8.78 Å². The third-order valence-electron chi connectivity index (χ3n) is 6.55. The highest BCUT2D eigenvalue weighted by molar-refractivity contribution is 6.03. The fourth-order valence-corrected chi connectivity index (χ4v) is 4.56. The van der Waals surface area contributed by atoms with Crippen molar-refractivity contribution in [3.8, 4) is 40.0 Å². The Bertz CT molecular complexity index is 1780. The Hall–Kier alpha value is -5.12. The van der Waals surface area contributed by atoms with E-state index in [9.17, 15) is 9.18 Å². The first-order chi connectivity index (χ1) is 20.3. The molecule has 3 aromatic heterocycles. The molecule has 0 bridgehead atoms. The second kappa shape index (κ2) is 12.2. The lowest BCUT2D eigenvalue weighted by Crippen LogP contribution is -2.11. The molecule has 8 nitrogen and oxygen atoms in total. The minimum Gasteiger partial charge on any atom is -0.492 e.